The third-order valence-electron chi connectivity index (χ3n) is 4.30. The summed E-state index contributed by atoms with van der Waals surface area (Å²) in [7, 11) is 0. The van der Waals surface area contributed by atoms with Gasteiger partial charge in [0.15, 0.2) is 0 Å². The maximum absolute atomic E-state index is 13.6. The van der Waals surface area contributed by atoms with Crippen LogP contribution in [0.4, 0.5) is 15.8 Å². The Morgan fingerprint density at radius 3 is 2.89 bits per heavy atom. The van der Waals surface area contributed by atoms with Crippen LogP contribution in [0.25, 0.3) is 11.3 Å². The first-order valence-electron chi connectivity index (χ1n) is 8.47. The lowest BCUT2D eigenvalue weighted by Gasteiger charge is -2.17. The van der Waals surface area contributed by atoms with Gasteiger partial charge in [0.25, 0.3) is 5.91 Å². The average Bonchev–Trinajstić information content (AvgIpc) is 3.04. The van der Waals surface area contributed by atoms with Crippen LogP contribution in [-0.2, 0) is 11.2 Å². The predicted octanol–water partition coefficient (Wildman–Crippen LogP) is 4.39. The highest BCUT2D eigenvalue weighted by Gasteiger charge is 2.20. The van der Waals surface area contributed by atoms with Gasteiger partial charge in [-0.25, -0.2) is 9.37 Å². The normalized spacial score (nSPS) is 13.0. The lowest BCUT2D eigenvalue weighted by molar-refractivity contribution is -0.116. The van der Waals surface area contributed by atoms with Crippen LogP contribution < -0.4 is 10.6 Å². The summed E-state index contributed by atoms with van der Waals surface area (Å²) < 4.78 is 13.6. The fraction of sp³-hybridized carbons (Fsp3) is 0.150. The molecule has 2 amide bonds. The zero-order chi connectivity index (χ0) is 19.0. The van der Waals surface area contributed by atoms with Crippen LogP contribution in [0.3, 0.4) is 0 Å². The molecule has 7 heteroatoms. The SMILES string of the molecule is Cc1nc(-c2cccc(F)c2)c(C(=O)Nc2ccc3c(c2)CCC(=O)N3)s1. The summed E-state index contributed by atoms with van der Waals surface area (Å²) in [5.74, 6) is -0.667. The number of hydrogen-bond donors (Lipinski definition) is 2. The molecular formula is C20H16FN3O2S. The molecule has 0 saturated heterocycles. The summed E-state index contributed by atoms with van der Waals surface area (Å²) in [5, 5.41) is 6.43. The molecule has 0 spiro atoms. The Hall–Kier alpha value is -3.06. The first kappa shape index (κ1) is 17.4. The molecule has 0 bridgehead atoms. The molecule has 1 aromatic heterocycles. The zero-order valence-corrected chi connectivity index (χ0v) is 15.3. The zero-order valence-electron chi connectivity index (χ0n) is 14.5. The number of hydrogen-bond acceptors (Lipinski definition) is 4. The first-order valence-corrected chi connectivity index (χ1v) is 9.29. The smallest absolute Gasteiger partial charge is 0.268 e. The topological polar surface area (TPSA) is 71.1 Å². The third-order valence-corrected chi connectivity index (χ3v) is 5.27. The summed E-state index contributed by atoms with van der Waals surface area (Å²) in [5.41, 5.74) is 3.44. The van der Waals surface area contributed by atoms with Crippen LogP contribution in [0.2, 0.25) is 0 Å². The fourth-order valence-electron chi connectivity index (χ4n) is 3.06. The molecule has 136 valence electrons. The van der Waals surface area contributed by atoms with Crippen molar-refractivity contribution in [3.05, 3.63) is 63.7 Å². The molecule has 0 fully saturated rings. The van der Waals surface area contributed by atoms with Gasteiger partial charge in [0.05, 0.1) is 10.7 Å². The number of aryl methyl sites for hydroxylation is 2. The molecule has 3 aromatic rings. The van der Waals surface area contributed by atoms with Crippen LogP contribution in [0.1, 0.15) is 26.7 Å². The predicted molar refractivity (Wildman–Crippen MR) is 104 cm³/mol. The van der Waals surface area contributed by atoms with E-state index in [1.165, 1.54) is 23.5 Å². The van der Waals surface area contributed by atoms with E-state index in [2.05, 4.69) is 15.6 Å². The molecule has 4 rings (SSSR count). The Labute approximate surface area is 159 Å². The molecule has 2 heterocycles. The number of carbonyl (C=O) groups is 2. The van der Waals surface area contributed by atoms with E-state index in [1.807, 2.05) is 13.0 Å². The van der Waals surface area contributed by atoms with Crippen molar-refractivity contribution in [3.63, 3.8) is 0 Å². The highest BCUT2D eigenvalue weighted by atomic mass is 32.1. The van der Waals surface area contributed by atoms with E-state index in [0.717, 1.165) is 16.3 Å². The van der Waals surface area contributed by atoms with Gasteiger partial charge in [0.2, 0.25) is 5.91 Å². The Bertz CT molecular complexity index is 1060. The van der Waals surface area contributed by atoms with E-state index < -0.39 is 0 Å². The van der Waals surface area contributed by atoms with Gasteiger partial charge in [0.1, 0.15) is 10.7 Å². The molecule has 5 nitrogen and oxygen atoms in total. The second-order valence-electron chi connectivity index (χ2n) is 6.30. The molecule has 1 aliphatic rings. The maximum Gasteiger partial charge on any atom is 0.268 e. The van der Waals surface area contributed by atoms with Crippen molar-refractivity contribution in [2.45, 2.75) is 19.8 Å². The van der Waals surface area contributed by atoms with E-state index in [1.54, 1.807) is 24.3 Å². The molecule has 2 N–H and O–H groups in total. The van der Waals surface area contributed by atoms with Gasteiger partial charge in [-0.2, -0.15) is 0 Å². The second-order valence-corrected chi connectivity index (χ2v) is 7.50. The molecule has 0 atom stereocenters. The first-order chi connectivity index (χ1) is 13.0. The van der Waals surface area contributed by atoms with Crippen LogP contribution >= 0.6 is 11.3 Å². The standard InChI is InChI=1S/C20H16FN3O2S/c1-11-22-18(13-3-2-4-14(21)9-13)19(27-11)20(26)23-15-6-7-16-12(10-15)5-8-17(25)24-16/h2-4,6-7,9-10H,5,8H2,1H3,(H,23,26)(H,24,25). The number of fused-ring (bicyclic) bond motifs is 1. The summed E-state index contributed by atoms with van der Waals surface area (Å²) in [4.78, 5) is 29.1. The van der Waals surface area contributed by atoms with Crippen molar-refractivity contribution in [3.8, 4) is 11.3 Å². The highest BCUT2D eigenvalue weighted by molar-refractivity contribution is 7.14. The van der Waals surface area contributed by atoms with Gasteiger partial charge in [0, 0.05) is 23.4 Å². The number of nitrogens with one attached hydrogen (secondary N) is 2. The van der Waals surface area contributed by atoms with E-state index in [-0.39, 0.29) is 17.6 Å². The van der Waals surface area contributed by atoms with E-state index in [9.17, 15) is 14.0 Å². The lowest BCUT2D eigenvalue weighted by Crippen LogP contribution is -2.19. The summed E-state index contributed by atoms with van der Waals surface area (Å²) in [6.45, 7) is 1.81. The van der Waals surface area contributed by atoms with Crippen molar-refractivity contribution < 1.29 is 14.0 Å². The number of halogens is 1. The molecule has 0 radical (unpaired) electrons. The Kier molecular flexibility index (Phi) is 4.45. The van der Waals surface area contributed by atoms with Crippen LogP contribution in [0.15, 0.2) is 42.5 Å². The second kappa shape index (κ2) is 6.92. The quantitative estimate of drug-likeness (QED) is 0.707. The summed E-state index contributed by atoms with van der Waals surface area (Å²) >= 11 is 1.27. The fourth-order valence-corrected chi connectivity index (χ4v) is 3.90. The lowest BCUT2D eigenvalue weighted by atomic mass is 10.0. The molecule has 1 aliphatic heterocycles. The molecular weight excluding hydrogens is 365 g/mol. The third kappa shape index (κ3) is 3.59. The van der Waals surface area contributed by atoms with Crippen LogP contribution in [-0.4, -0.2) is 16.8 Å². The van der Waals surface area contributed by atoms with Gasteiger partial charge >= 0.3 is 0 Å². The van der Waals surface area contributed by atoms with E-state index in [0.29, 0.717) is 34.7 Å². The number of anilines is 2. The molecule has 0 unspecified atom stereocenters. The molecule has 0 saturated carbocycles. The molecule has 0 aliphatic carbocycles. The number of rotatable bonds is 3. The van der Waals surface area contributed by atoms with Gasteiger partial charge in [-0.15, -0.1) is 11.3 Å². The van der Waals surface area contributed by atoms with Crippen molar-refractivity contribution >= 4 is 34.5 Å². The Morgan fingerprint density at radius 1 is 1.22 bits per heavy atom. The molecule has 27 heavy (non-hydrogen) atoms. The number of carbonyl (C=O) groups excluding carboxylic acids is 2. The summed E-state index contributed by atoms with van der Waals surface area (Å²) in [6, 6.07) is 11.4. The minimum absolute atomic E-state index is 0.000782. The van der Waals surface area contributed by atoms with Crippen molar-refractivity contribution in [2.75, 3.05) is 10.6 Å². The van der Waals surface area contributed by atoms with Gasteiger partial charge in [-0.1, -0.05) is 12.1 Å². The summed E-state index contributed by atoms with van der Waals surface area (Å²) in [6.07, 6.45) is 1.07. The number of amides is 2. The van der Waals surface area contributed by atoms with Gasteiger partial charge < -0.3 is 10.6 Å². The largest absolute Gasteiger partial charge is 0.326 e. The minimum atomic E-state index is -0.374. The number of benzene rings is 2. The van der Waals surface area contributed by atoms with Crippen LogP contribution in [0.5, 0.6) is 0 Å². The Morgan fingerprint density at radius 2 is 2.07 bits per heavy atom. The highest BCUT2D eigenvalue weighted by Crippen LogP contribution is 2.30. The number of nitrogens with zero attached hydrogens (tertiary/aromatic N) is 1. The van der Waals surface area contributed by atoms with Gasteiger partial charge in [-0.3, -0.25) is 9.59 Å². The van der Waals surface area contributed by atoms with Crippen molar-refractivity contribution in [2.24, 2.45) is 0 Å². The van der Waals surface area contributed by atoms with Crippen molar-refractivity contribution in [1.29, 1.82) is 0 Å². The number of thiazole rings is 1. The average molecular weight is 381 g/mol. The van der Waals surface area contributed by atoms with E-state index >= 15 is 0 Å². The van der Waals surface area contributed by atoms with Gasteiger partial charge in [-0.05, 0) is 49.2 Å². The van der Waals surface area contributed by atoms with Crippen molar-refractivity contribution in [1.82, 2.24) is 4.98 Å². The molecule has 2 aromatic carbocycles. The van der Waals surface area contributed by atoms with Crippen LogP contribution in [0, 0.1) is 12.7 Å². The maximum atomic E-state index is 13.6. The number of aromatic nitrogens is 1. The van der Waals surface area contributed by atoms with E-state index in [4.69, 9.17) is 0 Å². The minimum Gasteiger partial charge on any atom is -0.326 e. The monoisotopic (exact) mass is 381 g/mol. The Balaban J connectivity index is 1.62.